The average molecular weight is 1790 g/mol. The van der Waals surface area contributed by atoms with Crippen molar-refractivity contribution in [1.82, 2.24) is 4.57 Å². The van der Waals surface area contributed by atoms with Gasteiger partial charge in [-0.2, -0.15) is 0 Å². The maximum absolute atomic E-state index is 6.33. The maximum atomic E-state index is 6.33. The van der Waals surface area contributed by atoms with Crippen molar-refractivity contribution in [3.8, 4) is 83.6 Å². The van der Waals surface area contributed by atoms with Crippen LogP contribution in [0.2, 0.25) is 0 Å². The standard InChI is InChI=1S/C67H44N2O.C67H43NO2/c1-3-16-49(17-4-1)67(50-18-5-2-6-19-50)59-24-11-7-23-58(59)66-60(67)25-15-28-63(66)68(52-39-34-47(35-40-52)48-36-43-57-56-22-10-14-29-64(56)70-65(57)44-48)51-37-30-45(31-38-51)46-32-41-53(42-33-46)69-61-26-12-8-20-54(61)55-21-9-13-27-62(55)69;1-3-17-50(18-4-1)67(51-19-5-2-6-20-51)59-24-10-7-23-57(59)66-60(67)25-14-26-61(66)68(53-37-31-45(32-38-53)49-33-39-56-54-21-8-11-27-62(54)70-65(56)43-49)52-35-29-44(30-36-52)46-15-13-16-47(41-46)48-34-40-64-58(42-48)55-22-9-12-28-63(55)69-64/h1-44H;1-43H. The van der Waals surface area contributed by atoms with Crippen LogP contribution in [0.25, 0.3) is 171 Å². The summed E-state index contributed by atoms with van der Waals surface area (Å²) in [7, 11) is 0. The second-order valence-corrected chi connectivity index (χ2v) is 36.7. The Morgan fingerprint density at radius 3 is 0.864 bits per heavy atom. The molecule has 6 nitrogen and oxygen atoms in total. The fraction of sp³-hybridized carbons (Fsp3) is 0.0149. The first-order chi connectivity index (χ1) is 69.4. The van der Waals surface area contributed by atoms with Gasteiger partial charge >= 0.3 is 0 Å². The molecule has 0 unspecified atom stereocenters. The number of furan rings is 3. The van der Waals surface area contributed by atoms with E-state index in [1.54, 1.807) is 0 Å². The highest BCUT2D eigenvalue weighted by Gasteiger charge is 2.49. The molecule has 0 N–H and O–H groups in total. The number of para-hydroxylation sites is 5. The maximum Gasteiger partial charge on any atom is 0.136 e. The number of hydrogen-bond donors (Lipinski definition) is 0. The summed E-state index contributed by atoms with van der Waals surface area (Å²) in [5.41, 5.74) is 40.8. The summed E-state index contributed by atoms with van der Waals surface area (Å²) in [6.07, 6.45) is 0. The molecule has 0 fully saturated rings. The van der Waals surface area contributed by atoms with Crippen LogP contribution in [-0.2, 0) is 10.8 Å². The van der Waals surface area contributed by atoms with Gasteiger partial charge in [0, 0.05) is 82.7 Å². The molecule has 2 aliphatic rings. The molecule has 0 amide bonds. The minimum atomic E-state index is -0.528. The number of rotatable bonds is 16. The molecule has 26 aromatic rings. The lowest BCUT2D eigenvalue weighted by Gasteiger charge is -2.34. The highest BCUT2D eigenvalue weighted by Crippen LogP contribution is 2.62. The van der Waals surface area contributed by atoms with Gasteiger partial charge in [-0.15, -0.1) is 0 Å². The average Bonchev–Trinajstić information content (AvgIpc) is 1.53. The van der Waals surface area contributed by atoms with E-state index < -0.39 is 10.8 Å². The Bertz CT molecular complexity index is 9150. The summed E-state index contributed by atoms with van der Waals surface area (Å²) in [5, 5.41) is 9.32. The molecule has 6 heteroatoms. The van der Waals surface area contributed by atoms with Crippen molar-refractivity contribution in [1.29, 1.82) is 0 Å². The summed E-state index contributed by atoms with van der Waals surface area (Å²) in [5.74, 6) is 0. The van der Waals surface area contributed by atoms with Crippen molar-refractivity contribution in [2.75, 3.05) is 9.80 Å². The predicted molar refractivity (Wildman–Crippen MR) is 580 cm³/mol. The van der Waals surface area contributed by atoms with Crippen LogP contribution < -0.4 is 9.80 Å². The highest BCUT2D eigenvalue weighted by atomic mass is 16.3. The molecule has 0 aliphatic heterocycles. The first kappa shape index (κ1) is 81.2. The predicted octanol–water partition coefficient (Wildman–Crippen LogP) is 36.2. The number of fused-ring (bicyclic) bond motifs is 18. The van der Waals surface area contributed by atoms with Gasteiger partial charge in [-0.05, 0) is 257 Å². The molecule has 28 rings (SSSR count). The Kier molecular flexibility index (Phi) is 19.3. The lowest BCUT2D eigenvalue weighted by molar-refractivity contribution is 0.668. The molecule has 0 atom stereocenters. The SMILES string of the molecule is c1ccc(C2(c3ccccc3)c3ccccc3-c3c(N(c4ccc(-c5ccc(-n6c7ccccc7c7ccccc76)cc5)cc4)c4ccc(-c5ccc6c(c5)oc5ccccc56)cc4)cccc32)cc1.c1ccc(C2(c3ccccc3)c3ccccc3-c3c(N(c4ccc(-c5cccc(-c6ccc7oc8ccccc8c7c6)c5)cc4)c4ccc(-c5ccc6c(c5)oc5ccccc56)cc4)cccc32)cc1. The number of nitrogens with zero attached hydrogens (tertiary/aromatic N) is 3. The Hall–Kier alpha value is -18.4. The van der Waals surface area contributed by atoms with Crippen molar-refractivity contribution >= 4 is 122 Å². The Labute approximate surface area is 810 Å². The zero-order valence-electron chi connectivity index (χ0n) is 76.3. The van der Waals surface area contributed by atoms with Gasteiger partial charge in [0.2, 0.25) is 0 Å². The first-order valence-corrected chi connectivity index (χ1v) is 48.1. The van der Waals surface area contributed by atoms with Crippen LogP contribution in [0.3, 0.4) is 0 Å². The molecule has 0 spiro atoms. The van der Waals surface area contributed by atoms with Gasteiger partial charge in [-0.1, -0.05) is 382 Å². The van der Waals surface area contributed by atoms with E-state index in [2.05, 4.69) is 506 Å². The van der Waals surface area contributed by atoms with Gasteiger partial charge in [0.25, 0.3) is 0 Å². The number of aromatic nitrogens is 1. The Morgan fingerprint density at radius 2 is 0.450 bits per heavy atom. The number of benzene rings is 22. The monoisotopic (exact) mass is 1790 g/mol. The molecule has 0 radical (unpaired) electrons. The van der Waals surface area contributed by atoms with Crippen LogP contribution in [0.5, 0.6) is 0 Å². The van der Waals surface area contributed by atoms with Gasteiger partial charge < -0.3 is 27.6 Å². The van der Waals surface area contributed by atoms with E-state index in [1.807, 2.05) is 36.4 Å². The highest BCUT2D eigenvalue weighted by molar-refractivity contribution is 6.12. The topological polar surface area (TPSA) is 50.8 Å². The third-order valence-electron chi connectivity index (χ3n) is 29.3. The largest absolute Gasteiger partial charge is 0.456 e. The molecule has 4 aromatic heterocycles. The van der Waals surface area contributed by atoms with Gasteiger partial charge in [0.15, 0.2) is 0 Å². The number of hydrogen-bond acceptors (Lipinski definition) is 5. The summed E-state index contributed by atoms with van der Waals surface area (Å²) in [6, 6.07) is 192. The second-order valence-electron chi connectivity index (χ2n) is 36.7. The number of anilines is 6. The first-order valence-electron chi connectivity index (χ1n) is 48.1. The van der Waals surface area contributed by atoms with E-state index in [9.17, 15) is 0 Å². The van der Waals surface area contributed by atoms with Crippen LogP contribution in [0.1, 0.15) is 44.5 Å². The van der Waals surface area contributed by atoms with Gasteiger partial charge in [-0.3, -0.25) is 0 Å². The molecule has 2 aliphatic carbocycles. The van der Waals surface area contributed by atoms with E-state index >= 15 is 0 Å². The van der Waals surface area contributed by atoms with Crippen molar-refractivity contribution < 1.29 is 13.3 Å². The summed E-state index contributed by atoms with van der Waals surface area (Å²) in [6.45, 7) is 0. The van der Waals surface area contributed by atoms with E-state index in [4.69, 9.17) is 13.3 Å². The van der Waals surface area contributed by atoms with E-state index in [0.717, 1.165) is 156 Å². The Morgan fingerprint density at radius 1 is 0.171 bits per heavy atom. The Balaban J connectivity index is 0.000000141. The summed E-state index contributed by atoms with van der Waals surface area (Å²) >= 11 is 0. The van der Waals surface area contributed by atoms with Crippen LogP contribution in [0.4, 0.5) is 34.1 Å². The zero-order valence-corrected chi connectivity index (χ0v) is 76.3. The summed E-state index contributed by atoms with van der Waals surface area (Å²) < 4.78 is 21.2. The van der Waals surface area contributed by atoms with E-state index in [1.165, 1.54) is 94.1 Å². The molecule has 140 heavy (non-hydrogen) atoms. The van der Waals surface area contributed by atoms with Crippen LogP contribution in [0.15, 0.2) is 541 Å². The third-order valence-corrected chi connectivity index (χ3v) is 29.3. The summed E-state index contributed by atoms with van der Waals surface area (Å²) in [4.78, 5) is 4.89. The van der Waals surface area contributed by atoms with Crippen molar-refractivity contribution in [2.45, 2.75) is 10.8 Å². The van der Waals surface area contributed by atoms with Crippen LogP contribution in [0, 0.1) is 0 Å². The quantitative estimate of drug-likeness (QED) is 0.0965. The smallest absolute Gasteiger partial charge is 0.136 e. The zero-order chi connectivity index (χ0) is 92.4. The van der Waals surface area contributed by atoms with E-state index in [-0.39, 0.29) is 0 Å². The minimum Gasteiger partial charge on any atom is -0.456 e. The fourth-order valence-electron chi connectivity index (χ4n) is 23.0. The fourth-order valence-corrected chi connectivity index (χ4v) is 23.0. The lowest BCUT2D eigenvalue weighted by atomic mass is 9.68. The molecular formula is C134H87N3O3. The molecule has 656 valence electrons. The van der Waals surface area contributed by atoms with E-state index in [0.29, 0.717) is 0 Å². The van der Waals surface area contributed by atoms with Crippen molar-refractivity contribution in [3.63, 3.8) is 0 Å². The van der Waals surface area contributed by atoms with Crippen LogP contribution in [-0.4, -0.2) is 4.57 Å². The van der Waals surface area contributed by atoms with Crippen molar-refractivity contribution in [2.24, 2.45) is 0 Å². The van der Waals surface area contributed by atoms with Crippen molar-refractivity contribution in [3.05, 3.63) is 572 Å². The lowest BCUT2D eigenvalue weighted by Crippen LogP contribution is -2.28. The molecule has 22 aromatic carbocycles. The second kappa shape index (κ2) is 33.3. The molecular weight excluding hydrogens is 1700 g/mol. The molecule has 0 saturated heterocycles. The van der Waals surface area contributed by atoms with Gasteiger partial charge in [0.05, 0.1) is 33.2 Å². The van der Waals surface area contributed by atoms with Gasteiger partial charge in [0.1, 0.15) is 33.5 Å². The van der Waals surface area contributed by atoms with Crippen LogP contribution >= 0.6 is 0 Å². The third kappa shape index (κ3) is 13.2. The molecule has 0 bridgehead atoms. The minimum absolute atomic E-state index is 0.523. The van der Waals surface area contributed by atoms with Gasteiger partial charge in [-0.25, -0.2) is 0 Å². The normalized spacial score (nSPS) is 12.7. The molecule has 4 heterocycles. The molecule has 0 saturated carbocycles.